The van der Waals surface area contributed by atoms with Gasteiger partial charge in [0.1, 0.15) is 5.69 Å². The van der Waals surface area contributed by atoms with Crippen molar-refractivity contribution in [2.24, 2.45) is 5.92 Å². The fourth-order valence-corrected chi connectivity index (χ4v) is 5.54. The topological polar surface area (TPSA) is 52.6 Å². The van der Waals surface area contributed by atoms with E-state index in [2.05, 4.69) is 20.0 Å². The Morgan fingerprint density at radius 2 is 1.79 bits per heavy atom. The summed E-state index contributed by atoms with van der Waals surface area (Å²) in [4.78, 5) is 20.9. The Morgan fingerprint density at radius 3 is 2.48 bits per heavy atom. The lowest BCUT2D eigenvalue weighted by Crippen LogP contribution is -2.52. The Balaban J connectivity index is 1.18. The second-order valence-electron chi connectivity index (χ2n) is 8.45. The average Bonchev–Trinajstić information content (AvgIpc) is 3.41. The maximum Gasteiger partial charge on any atom is 0.227 e. The number of halogens is 2. The van der Waals surface area contributed by atoms with Crippen LogP contribution in [0.5, 0.6) is 0 Å². The van der Waals surface area contributed by atoms with Gasteiger partial charge in [-0.1, -0.05) is 29.3 Å². The van der Waals surface area contributed by atoms with Gasteiger partial charge < -0.3 is 14.7 Å². The standard InChI is InChI=1S/C24H25Cl2N5OS/c25-19-6-5-18(15-20(19)26)29-10-12-30(13-11-29)24(32)17-3-1-9-31(16-17)23-8-7-21(27-28-23)22-4-2-14-33-22/h2,4-8,14-15,17H,1,3,9-13,16H2. The lowest BCUT2D eigenvalue weighted by molar-refractivity contribution is -0.136. The number of benzene rings is 1. The number of piperidine rings is 1. The maximum atomic E-state index is 13.3. The number of hydrogen-bond acceptors (Lipinski definition) is 6. The van der Waals surface area contributed by atoms with Crippen LogP contribution in [0.1, 0.15) is 12.8 Å². The van der Waals surface area contributed by atoms with E-state index in [9.17, 15) is 4.79 Å². The predicted molar refractivity (Wildman–Crippen MR) is 136 cm³/mol. The summed E-state index contributed by atoms with van der Waals surface area (Å²) in [6.45, 7) is 4.60. The highest BCUT2D eigenvalue weighted by Crippen LogP contribution is 2.29. The summed E-state index contributed by atoms with van der Waals surface area (Å²) < 4.78 is 0. The van der Waals surface area contributed by atoms with Gasteiger partial charge >= 0.3 is 0 Å². The van der Waals surface area contributed by atoms with Crippen LogP contribution >= 0.6 is 34.5 Å². The lowest BCUT2D eigenvalue weighted by atomic mass is 9.96. The molecule has 0 spiro atoms. The normalized spacial score (nSPS) is 19.1. The molecule has 2 saturated heterocycles. The number of carbonyl (C=O) groups excluding carboxylic acids is 1. The molecule has 1 amide bonds. The number of thiophene rings is 1. The number of hydrogen-bond donors (Lipinski definition) is 0. The van der Waals surface area contributed by atoms with E-state index in [1.165, 1.54) is 0 Å². The molecule has 0 aliphatic carbocycles. The molecule has 2 aliphatic rings. The van der Waals surface area contributed by atoms with Crippen LogP contribution in [0.25, 0.3) is 10.6 Å². The highest BCUT2D eigenvalue weighted by Gasteiger charge is 2.31. The van der Waals surface area contributed by atoms with Gasteiger partial charge in [-0.3, -0.25) is 4.79 Å². The van der Waals surface area contributed by atoms with Crippen molar-refractivity contribution in [1.82, 2.24) is 15.1 Å². The van der Waals surface area contributed by atoms with Gasteiger partial charge in [0.05, 0.1) is 20.8 Å². The quantitative estimate of drug-likeness (QED) is 0.498. The second kappa shape index (κ2) is 9.87. The van der Waals surface area contributed by atoms with Gasteiger partial charge in [-0.25, -0.2) is 0 Å². The highest BCUT2D eigenvalue weighted by atomic mass is 35.5. The van der Waals surface area contributed by atoms with Crippen molar-refractivity contribution in [1.29, 1.82) is 0 Å². The molecule has 2 aromatic heterocycles. The third kappa shape index (κ3) is 4.95. The Hall–Kier alpha value is -2.35. The summed E-state index contributed by atoms with van der Waals surface area (Å²) in [7, 11) is 0. The summed E-state index contributed by atoms with van der Waals surface area (Å²) in [5, 5.41) is 12.0. The molecule has 0 bridgehead atoms. The fraction of sp³-hybridized carbons (Fsp3) is 0.375. The average molecular weight is 502 g/mol. The van der Waals surface area contributed by atoms with Crippen LogP contribution in [0.15, 0.2) is 47.8 Å². The highest BCUT2D eigenvalue weighted by molar-refractivity contribution is 7.13. The number of rotatable bonds is 4. The van der Waals surface area contributed by atoms with Gasteiger partial charge in [-0.15, -0.1) is 21.5 Å². The van der Waals surface area contributed by atoms with Crippen LogP contribution in [0.3, 0.4) is 0 Å². The van der Waals surface area contributed by atoms with Crippen molar-refractivity contribution in [3.05, 3.63) is 57.9 Å². The Morgan fingerprint density at radius 1 is 0.939 bits per heavy atom. The largest absolute Gasteiger partial charge is 0.368 e. The van der Waals surface area contributed by atoms with Crippen LogP contribution in [0.2, 0.25) is 10.0 Å². The lowest BCUT2D eigenvalue weighted by Gasteiger charge is -2.40. The number of carbonyl (C=O) groups is 1. The molecule has 0 radical (unpaired) electrons. The first-order valence-electron chi connectivity index (χ1n) is 11.2. The molecular weight excluding hydrogens is 477 g/mol. The smallest absolute Gasteiger partial charge is 0.227 e. The van der Waals surface area contributed by atoms with E-state index >= 15 is 0 Å². The van der Waals surface area contributed by atoms with Crippen molar-refractivity contribution in [3.63, 3.8) is 0 Å². The number of anilines is 2. The minimum absolute atomic E-state index is 0.00551. The molecule has 2 fully saturated rings. The van der Waals surface area contributed by atoms with Crippen molar-refractivity contribution in [2.75, 3.05) is 49.1 Å². The van der Waals surface area contributed by atoms with Gasteiger partial charge in [-0.2, -0.15) is 0 Å². The second-order valence-corrected chi connectivity index (χ2v) is 10.2. The van der Waals surface area contributed by atoms with Gasteiger partial charge in [0, 0.05) is 45.0 Å². The molecule has 172 valence electrons. The molecule has 33 heavy (non-hydrogen) atoms. The molecule has 1 atom stereocenters. The Bertz CT molecular complexity index is 1100. The van der Waals surface area contributed by atoms with E-state index in [4.69, 9.17) is 23.2 Å². The predicted octanol–water partition coefficient (Wildman–Crippen LogP) is 5.08. The van der Waals surface area contributed by atoms with E-state index < -0.39 is 0 Å². The van der Waals surface area contributed by atoms with Crippen molar-refractivity contribution in [3.8, 4) is 10.6 Å². The monoisotopic (exact) mass is 501 g/mol. The van der Waals surface area contributed by atoms with Gasteiger partial charge in [0.25, 0.3) is 0 Å². The zero-order valence-electron chi connectivity index (χ0n) is 18.2. The van der Waals surface area contributed by atoms with Gasteiger partial charge in [0.2, 0.25) is 5.91 Å². The molecule has 4 heterocycles. The molecule has 0 N–H and O–H groups in total. The molecule has 3 aromatic rings. The Kier molecular flexibility index (Phi) is 6.71. The molecule has 5 rings (SSSR count). The minimum atomic E-state index is -0.00551. The van der Waals surface area contributed by atoms with Crippen LogP contribution in [-0.4, -0.2) is 60.3 Å². The molecular formula is C24H25Cl2N5OS. The van der Waals surface area contributed by atoms with E-state index in [0.717, 1.165) is 54.6 Å². The number of amides is 1. The first-order chi connectivity index (χ1) is 16.1. The van der Waals surface area contributed by atoms with E-state index in [1.807, 2.05) is 52.7 Å². The zero-order valence-corrected chi connectivity index (χ0v) is 20.5. The molecule has 2 aliphatic heterocycles. The van der Waals surface area contributed by atoms with Crippen LogP contribution in [0, 0.1) is 5.92 Å². The number of nitrogens with zero attached hydrogens (tertiary/aromatic N) is 5. The molecule has 9 heteroatoms. The summed E-state index contributed by atoms with van der Waals surface area (Å²) >= 11 is 13.9. The third-order valence-electron chi connectivity index (χ3n) is 6.38. The maximum absolute atomic E-state index is 13.3. The summed E-state index contributed by atoms with van der Waals surface area (Å²) in [6, 6.07) is 13.8. The van der Waals surface area contributed by atoms with Crippen LogP contribution < -0.4 is 9.80 Å². The van der Waals surface area contributed by atoms with Gasteiger partial charge in [0.15, 0.2) is 5.82 Å². The minimum Gasteiger partial charge on any atom is -0.368 e. The number of aromatic nitrogens is 2. The van der Waals surface area contributed by atoms with Crippen molar-refractivity contribution < 1.29 is 4.79 Å². The summed E-state index contributed by atoms with van der Waals surface area (Å²) in [5.41, 5.74) is 1.93. The third-order valence-corrected chi connectivity index (χ3v) is 8.01. The van der Waals surface area contributed by atoms with E-state index in [1.54, 1.807) is 11.3 Å². The first-order valence-corrected chi connectivity index (χ1v) is 12.8. The molecule has 1 aromatic carbocycles. The summed E-state index contributed by atoms with van der Waals surface area (Å²) in [6.07, 6.45) is 1.90. The van der Waals surface area contributed by atoms with Crippen molar-refractivity contribution >= 4 is 52.0 Å². The molecule has 0 saturated carbocycles. The number of piperazine rings is 1. The van der Waals surface area contributed by atoms with E-state index in [0.29, 0.717) is 29.7 Å². The Labute approximate surface area is 207 Å². The van der Waals surface area contributed by atoms with Crippen LogP contribution in [0.4, 0.5) is 11.5 Å². The molecule has 6 nitrogen and oxygen atoms in total. The zero-order chi connectivity index (χ0) is 22.8. The first kappa shape index (κ1) is 22.4. The van der Waals surface area contributed by atoms with Crippen LogP contribution in [-0.2, 0) is 4.79 Å². The van der Waals surface area contributed by atoms with Crippen molar-refractivity contribution in [2.45, 2.75) is 12.8 Å². The SMILES string of the molecule is O=C(C1CCCN(c2ccc(-c3cccs3)nn2)C1)N1CCN(c2ccc(Cl)c(Cl)c2)CC1. The molecule has 1 unspecified atom stereocenters. The van der Waals surface area contributed by atoms with E-state index in [-0.39, 0.29) is 11.8 Å². The summed E-state index contributed by atoms with van der Waals surface area (Å²) in [5.74, 6) is 1.09. The fourth-order valence-electron chi connectivity index (χ4n) is 4.56. The van der Waals surface area contributed by atoms with Gasteiger partial charge in [-0.05, 0) is 54.6 Å².